The number of aliphatic imine (C=N–C) groups is 1. The van der Waals surface area contributed by atoms with Crippen LogP contribution in [0.3, 0.4) is 0 Å². The molecule has 0 fully saturated rings. The van der Waals surface area contributed by atoms with Crippen LogP contribution in [0.5, 0.6) is 11.5 Å². The maximum atomic E-state index is 5.86. The number of rotatable bonds is 6. The number of ether oxygens (including phenoxy) is 2. The third-order valence-electron chi connectivity index (χ3n) is 3.54. The third kappa shape index (κ3) is 4.23. The summed E-state index contributed by atoms with van der Waals surface area (Å²) in [5.74, 6) is 1.42. The van der Waals surface area contributed by atoms with Crippen molar-refractivity contribution in [1.82, 2.24) is 0 Å². The van der Waals surface area contributed by atoms with E-state index in [2.05, 4.69) is 4.99 Å². The Morgan fingerprint density at radius 1 is 0.833 bits per heavy atom. The van der Waals surface area contributed by atoms with E-state index in [0.29, 0.717) is 12.4 Å². The largest absolute Gasteiger partial charge is 0.493 e. The van der Waals surface area contributed by atoms with Crippen LogP contribution in [0.2, 0.25) is 0 Å². The summed E-state index contributed by atoms with van der Waals surface area (Å²) in [6.45, 7) is 0.509. The Balaban J connectivity index is 1.72. The van der Waals surface area contributed by atoms with Gasteiger partial charge in [-0.25, -0.2) is 0 Å². The van der Waals surface area contributed by atoms with Crippen molar-refractivity contribution in [2.45, 2.75) is 6.61 Å². The minimum Gasteiger partial charge on any atom is -0.493 e. The normalized spacial score (nSPS) is 10.7. The van der Waals surface area contributed by atoms with E-state index in [0.717, 1.165) is 22.6 Å². The zero-order chi connectivity index (χ0) is 16.6. The fourth-order valence-corrected chi connectivity index (χ4v) is 2.28. The molecule has 24 heavy (non-hydrogen) atoms. The van der Waals surface area contributed by atoms with Crippen molar-refractivity contribution in [2.24, 2.45) is 4.99 Å². The molecule has 0 bridgehead atoms. The molecule has 0 spiro atoms. The minimum atomic E-state index is 0.509. The van der Waals surface area contributed by atoms with E-state index < -0.39 is 0 Å². The van der Waals surface area contributed by atoms with Gasteiger partial charge in [0.25, 0.3) is 0 Å². The van der Waals surface area contributed by atoms with Crippen LogP contribution in [0.15, 0.2) is 83.9 Å². The Morgan fingerprint density at radius 2 is 1.54 bits per heavy atom. The van der Waals surface area contributed by atoms with Crippen LogP contribution in [0.1, 0.15) is 11.1 Å². The molecule has 0 heterocycles. The molecule has 3 rings (SSSR count). The Bertz CT molecular complexity index is 799. The van der Waals surface area contributed by atoms with Gasteiger partial charge in [0.1, 0.15) is 6.61 Å². The summed E-state index contributed by atoms with van der Waals surface area (Å²) >= 11 is 0. The Morgan fingerprint density at radius 3 is 2.25 bits per heavy atom. The lowest BCUT2D eigenvalue weighted by molar-refractivity contribution is 0.284. The fraction of sp³-hybridized carbons (Fsp3) is 0.0952. The molecule has 0 amide bonds. The number of methoxy groups -OCH3 is 1. The predicted molar refractivity (Wildman–Crippen MR) is 97.5 cm³/mol. The second-order valence-corrected chi connectivity index (χ2v) is 5.28. The first kappa shape index (κ1) is 15.8. The highest BCUT2D eigenvalue weighted by atomic mass is 16.5. The van der Waals surface area contributed by atoms with Gasteiger partial charge in [-0.05, 0) is 41.5 Å². The summed E-state index contributed by atoms with van der Waals surface area (Å²) in [6, 6.07) is 25.7. The van der Waals surface area contributed by atoms with Gasteiger partial charge in [-0.3, -0.25) is 4.99 Å². The molecule has 0 aliphatic heterocycles. The topological polar surface area (TPSA) is 30.8 Å². The van der Waals surface area contributed by atoms with Gasteiger partial charge < -0.3 is 9.47 Å². The summed E-state index contributed by atoms with van der Waals surface area (Å²) in [4.78, 5) is 4.45. The van der Waals surface area contributed by atoms with Crippen LogP contribution < -0.4 is 9.47 Å². The molecule has 3 aromatic rings. The molecule has 0 saturated carbocycles. The number of benzene rings is 3. The second kappa shape index (κ2) is 7.97. The standard InChI is InChI=1S/C21H19NO2/c1-23-21-14-18(15-22-19-10-6-3-7-11-19)12-13-20(21)24-16-17-8-4-2-5-9-17/h2-15H,16H2,1H3. The van der Waals surface area contributed by atoms with Crippen molar-refractivity contribution in [1.29, 1.82) is 0 Å². The summed E-state index contributed by atoms with van der Waals surface area (Å²) in [5.41, 5.74) is 3.00. The number of hydrogen-bond donors (Lipinski definition) is 0. The van der Waals surface area contributed by atoms with E-state index in [1.165, 1.54) is 0 Å². The Labute approximate surface area is 142 Å². The molecule has 120 valence electrons. The van der Waals surface area contributed by atoms with Crippen LogP contribution in [-0.4, -0.2) is 13.3 Å². The van der Waals surface area contributed by atoms with E-state index in [4.69, 9.17) is 9.47 Å². The summed E-state index contributed by atoms with van der Waals surface area (Å²) in [6.07, 6.45) is 1.82. The van der Waals surface area contributed by atoms with Crippen molar-refractivity contribution in [3.63, 3.8) is 0 Å². The molecule has 0 aromatic heterocycles. The number of para-hydroxylation sites is 1. The van der Waals surface area contributed by atoms with Crippen molar-refractivity contribution < 1.29 is 9.47 Å². The summed E-state index contributed by atoms with van der Waals surface area (Å²) in [5, 5.41) is 0. The van der Waals surface area contributed by atoms with Gasteiger partial charge in [-0.1, -0.05) is 48.5 Å². The molecular weight excluding hydrogens is 298 g/mol. The van der Waals surface area contributed by atoms with Crippen molar-refractivity contribution in [3.05, 3.63) is 90.0 Å². The first-order valence-corrected chi connectivity index (χ1v) is 7.79. The molecule has 0 atom stereocenters. The van der Waals surface area contributed by atoms with Crippen molar-refractivity contribution in [3.8, 4) is 11.5 Å². The van der Waals surface area contributed by atoms with Gasteiger partial charge in [-0.2, -0.15) is 0 Å². The number of nitrogens with zero attached hydrogens (tertiary/aromatic N) is 1. The van der Waals surface area contributed by atoms with Gasteiger partial charge >= 0.3 is 0 Å². The molecule has 0 aliphatic carbocycles. The number of hydrogen-bond acceptors (Lipinski definition) is 3. The fourth-order valence-electron chi connectivity index (χ4n) is 2.28. The van der Waals surface area contributed by atoms with Crippen LogP contribution in [0.4, 0.5) is 5.69 Å². The lowest BCUT2D eigenvalue weighted by atomic mass is 10.2. The molecule has 3 aromatic carbocycles. The monoisotopic (exact) mass is 317 g/mol. The Hall–Kier alpha value is -3.07. The van der Waals surface area contributed by atoms with Crippen LogP contribution in [0, 0.1) is 0 Å². The molecule has 3 heteroatoms. The van der Waals surface area contributed by atoms with E-state index >= 15 is 0 Å². The van der Waals surface area contributed by atoms with Crippen LogP contribution in [-0.2, 0) is 6.61 Å². The molecule has 0 unspecified atom stereocenters. The summed E-state index contributed by atoms with van der Waals surface area (Å²) in [7, 11) is 1.64. The van der Waals surface area contributed by atoms with Gasteiger partial charge in [0.05, 0.1) is 12.8 Å². The molecule has 0 radical (unpaired) electrons. The van der Waals surface area contributed by atoms with Crippen LogP contribution >= 0.6 is 0 Å². The SMILES string of the molecule is COc1cc(C=Nc2ccccc2)ccc1OCc1ccccc1. The minimum absolute atomic E-state index is 0.509. The first-order valence-electron chi connectivity index (χ1n) is 7.79. The Kier molecular flexibility index (Phi) is 5.25. The van der Waals surface area contributed by atoms with Crippen molar-refractivity contribution in [2.75, 3.05) is 7.11 Å². The summed E-state index contributed by atoms with van der Waals surface area (Å²) < 4.78 is 11.3. The molecule has 0 aliphatic rings. The third-order valence-corrected chi connectivity index (χ3v) is 3.54. The highest BCUT2D eigenvalue weighted by molar-refractivity contribution is 5.83. The first-order chi connectivity index (χ1) is 11.8. The zero-order valence-corrected chi connectivity index (χ0v) is 13.6. The highest BCUT2D eigenvalue weighted by Gasteiger charge is 2.05. The van der Waals surface area contributed by atoms with Gasteiger partial charge in [0.2, 0.25) is 0 Å². The van der Waals surface area contributed by atoms with E-state index in [1.54, 1.807) is 7.11 Å². The predicted octanol–water partition coefficient (Wildman–Crippen LogP) is 5.02. The van der Waals surface area contributed by atoms with Crippen molar-refractivity contribution >= 4 is 11.9 Å². The lowest BCUT2D eigenvalue weighted by Crippen LogP contribution is -1.98. The van der Waals surface area contributed by atoms with E-state index in [9.17, 15) is 0 Å². The average Bonchev–Trinajstić information content (AvgIpc) is 2.66. The lowest BCUT2D eigenvalue weighted by Gasteiger charge is -2.11. The molecular formula is C21H19NO2. The van der Waals surface area contributed by atoms with Gasteiger partial charge in [-0.15, -0.1) is 0 Å². The maximum Gasteiger partial charge on any atom is 0.161 e. The quantitative estimate of drug-likeness (QED) is 0.597. The molecule has 0 saturated heterocycles. The highest BCUT2D eigenvalue weighted by Crippen LogP contribution is 2.28. The van der Waals surface area contributed by atoms with Crippen LogP contribution in [0.25, 0.3) is 0 Å². The maximum absolute atomic E-state index is 5.86. The average molecular weight is 317 g/mol. The zero-order valence-electron chi connectivity index (χ0n) is 13.6. The van der Waals surface area contributed by atoms with Gasteiger partial charge in [0, 0.05) is 6.21 Å². The second-order valence-electron chi connectivity index (χ2n) is 5.28. The van der Waals surface area contributed by atoms with E-state index in [-0.39, 0.29) is 0 Å². The smallest absolute Gasteiger partial charge is 0.161 e. The molecule has 3 nitrogen and oxygen atoms in total. The molecule has 0 N–H and O–H groups in total. The van der Waals surface area contributed by atoms with E-state index in [1.807, 2.05) is 85.1 Å². The van der Waals surface area contributed by atoms with Gasteiger partial charge in [0.15, 0.2) is 11.5 Å².